The molecule has 0 aromatic carbocycles. The van der Waals surface area contributed by atoms with Gasteiger partial charge in [0.1, 0.15) is 0 Å². The number of rotatable bonds is 3. The maximum absolute atomic E-state index is 10.2. The van der Waals surface area contributed by atoms with Crippen molar-refractivity contribution in [1.29, 1.82) is 0 Å². The number of nitrogens with two attached hydrogens (primary N) is 1. The second-order valence-corrected chi connectivity index (χ2v) is 1.95. The molecule has 0 aromatic rings. The summed E-state index contributed by atoms with van der Waals surface area (Å²) in [5, 5.41) is 0. The van der Waals surface area contributed by atoms with Gasteiger partial charge in [-0.1, -0.05) is 13.8 Å². The van der Waals surface area contributed by atoms with Gasteiger partial charge in [-0.05, 0) is 12.3 Å². The van der Waals surface area contributed by atoms with Crippen LogP contribution in [0.2, 0.25) is 0 Å². The van der Waals surface area contributed by atoms with Crippen molar-refractivity contribution in [3.63, 3.8) is 0 Å². The van der Waals surface area contributed by atoms with Crippen LogP contribution in [0, 0.1) is 5.92 Å². The van der Waals surface area contributed by atoms with Crippen molar-refractivity contribution in [2.24, 2.45) is 5.73 Å². The Morgan fingerprint density at radius 1 is 1.62 bits per heavy atom. The van der Waals surface area contributed by atoms with Gasteiger partial charge in [0.25, 0.3) is 0 Å². The summed E-state index contributed by atoms with van der Waals surface area (Å²) in [6.45, 7) is 3.95. The predicted molar refractivity (Wildman–Crippen MR) is 33.0 cm³/mol. The first-order valence-electron chi connectivity index (χ1n) is 2.76. The zero-order chi connectivity index (χ0) is 6.57. The first kappa shape index (κ1) is 7.47. The van der Waals surface area contributed by atoms with Gasteiger partial charge in [0, 0.05) is 6.42 Å². The molecule has 0 unspecified atom stereocenters. The molecule has 0 bridgehead atoms. The van der Waals surface area contributed by atoms with Crippen molar-refractivity contribution >= 4 is 5.91 Å². The largest absolute Gasteiger partial charge is 0.370 e. The van der Waals surface area contributed by atoms with E-state index in [0.717, 1.165) is 12.3 Å². The van der Waals surface area contributed by atoms with Crippen LogP contribution in [-0.2, 0) is 4.79 Å². The third-order valence-corrected chi connectivity index (χ3v) is 1.08. The molecule has 8 heavy (non-hydrogen) atoms. The number of carbonyl (C=O) groups excluding carboxylic acids is 1. The van der Waals surface area contributed by atoms with Crippen molar-refractivity contribution in [3.8, 4) is 0 Å². The lowest BCUT2D eigenvalue weighted by molar-refractivity contribution is -0.117. The molecule has 0 aliphatic rings. The van der Waals surface area contributed by atoms with Crippen molar-refractivity contribution in [2.45, 2.75) is 26.7 Å². The SMILES string of the molecule is CC[C](C)CC(N)=O. The summed E-state index contributed by atoms with van der Waals surface area (Å²) >= 11 is 0. The summed E-state index contributed by atoms with van der Waals surface area (Å²) in [5.41, 5.74) is 4.91. The predicted octanol–water partition coefficient (Wildman–Crippen LogP) is 0.866. The fourth-order valence-corrected chi connectivity index (χ4v) is 0.422. The van der Waals surface area contributed by atoms with E-state index >= 15 is 0 Å². The molecule has 1 amide bonds. The van der Waals surface area contributed by atoms with Crippen molar-refractivity contribution in [2.75, 3.05) is 0 Å². The van der Waals surface area contributed by atoms with Crippen LogP contribution in [-0.4, -0.2) is 5.91 Å². The molecule has 0 aliphatic carbocycles. The minimum Gasteiger partial charge on any atom is -0.370 e. The lowest BCUT2D eigenvalue weighted by atomic mass is 10.1. The average Bonchev–Trinajstić information content (AvgIpc) is 1.65. The van der Waals surface area contributed by atoms with Crippen molar-refractivity contribution < 1.29 is 4.79 Å². The van der Waals surface area contributed by atoms with Crippen LogP contribution in [0.15, 0.2) is 0 Å². The standard InChI is InChI=1S/C6H12NO/c1-3-5(2)4-6(7)8/h3-4H2,1-2H3,(H2,7,8). The molecule has 0 aromatic heterocycles. The van der Waals surface area contributed by atoms with E-state index < -0.39 is 0 Å². The smallest absolute Gasteiger partial charge is 0.217 e. The summed E-state index contributed by atoms with van der Waals surface area (Å²) in [7, 11) is 0. The molecular weight excluding hydrogens is 102 g/mol. The summed E-state index contributed by atoms with van der Waals surface area (Å²) in [4.78, 5) is 10.2. The molecule has 47 valence electrons. The lowest BCUT2D eigenvalue weighted by Gasteiger charge is -2.00. The zero-order valence-electron chi connectivity index (χ0n) is 5.40. The van der Waals surface area contributed by atoms with Crippen molar-refractivity contribution in [1.82, 2.24) is 0 Å². The van der Waals surface area contributed by atoms with Gasteiger partial charge in [-0.25, -0.2) is 0 Å². The topological polar surface area (TPSA) is 43.1 Å². The van der Waals surface area contributed by atoms with Crippen LogP contribution < -0.4 is 5.73 Å². The van der Waals surface area contributed by atoms with Crippen molar-refractivity contribution in [3.05, 3.63) is 5.92 Å². The molecule has 2 nitrogen and oxygen atoms in total. The van der Waals surface area contributed by atoms with E-state index in [2.05, 4.69) is 0 Å². The monoisotopic (exact) mass is 114 g/mol. The second kappa shape index (κ2) is 3.47. The van der Waals surface area contributed by atoms with Gasteiger partial charge < -0.3 is 5.73 Å². The molecule has 0 saturated heterocycles. The molecular formula is C6H12NO. The fourth-order valence-electron chi connectivity index (χ4n) is 0.422. The minimum absolute atomic E-state index is 0.232. The highest BCUT2D eigenvalue weighted by atomic mass is 16.1. The summed E-state index contributed by atoms with van der Waals surface area (Å²) < 4.78 is 0. The normalized spacial score (nSPS) is 9.88. The molecule has 0 rings (SSSR count). The van der Waals surface area contributed by atoms with Gasteiger partial charge >= 0.3 is 0 Å². The molecule has 2 N–H and O–H groups in total. The number of hydrogen-bond donors (Lipinski definition) is 1. The third-order valence-electron chi connectivity index (χ3n) is 1.08. The van der Waals surface area contributed by atoms with E-state index in [1.165, 1.54) is 0 Å². The van der Waals surface area contributed by atoms with Crippen LogP contribution in [0.4, 0.5) is 0 Å². The Kier molecular flexibility index (Phi) is 3.24. The maximum Gasteiger partial charge on any atom is 0.217 e. The molecule has 0 aliphatic heterocycles. The van der Waals surface area contributed by atoms with Crippen LogP contribution >= 0.6 is 0 Å². The van der Waals surface area contributed by atoms with Gasteiger partial charge in [0.15, 0.2) is 0 Å². The highest BCUT2D eigenvalue weighted by Crippen LogP contribution is 2.06. The van der Waals surface area contributed by atoms with E-state index in [1.54, 1.807) is 0 Å². The lowest BCUT2D eigenvalue weighted by Crippen LogP contribution is -2.12. The van der Waals surface area contributed by atoms with E-state index in [1.807, 2.05) is 13.8 Å². The van der Waals surface area contributed by atoms with E-state index in [9.17, 15) is 4.79 Å². The Morgan fingerprint density at radius 2 is 2.12 bits per heavy atom. The fraction of sp³-hybridized carbons (Fsp3) is 0.667. The zero-order valence-corrected chi connectivity index (χ0v) is 5.40. The van der Waals surface area contributed by atoms with Crippen LogP contribution in [0.5, 0.6) is 0 Å². The molecule has 1 radical (unpaired) electrons. The average molecular weight is 114 g/mol. The van der Waals surface area contributed by atoms with E-state index in [4.69, 9.17) is 5.73 Å². The highest BCUT2D eigenvalue weighted by Gasteiger charge is 2.01. The first-order valence-corrected chi connectivity index (χ1v) is 2.76. The minimum atomic E-state index is -0.232. The van der Waals surface area contributed by atoms with Gasteiger partial charge in [0.05, 0.1) is 0 Å². The number of hydrogen-bond acceptors (Lipinski definition) is 1. The maximum atomic E-state index is 10.2. The Bertz CT molecular complexity index is 80.6. The van der Waals surface area contributed by atoms with Crippen LogP contribution in [0.1, 0.15) is 26.7 Å². The summed E-state index contributed by atoms with van der Waals surface area (Å²) in [6.07, 6.45) is 1.39. The Labute approximate surface area is 50.1 Å². The molecule has 0 atom stereocenters. The number of carbonyl (C=O) groups is 1. The Morgan fingerprint density at radius 3 is 2.25 bits per heavy atom. The molecule has 0 fully saturated rings. The number of primary amides is 1. The van der Waals surface area contributed by atoms with Gasteiger partial charge in [-0.2, -0.15) is 0 Å². The van der Waals surface area contributed by atoms with Gasteiger partial charge in [-0.15, -0.1) is 0 Å². The summed E-state index contributed by atoms with van der Waals surface area (Å²) in [6, 6.07) is 0. The molecule has 0 spiro atoms. The van der Waals surface area contributed by atoms with Crippen LogP contribution in [0.3, 0.4) is 0 Å². The first-order chi connectivity index (χ1) is 3.66. The molecule has 0 saturated carbocycles. The number of amides is 1. The second-order valence-electron chi connectivity index (χ2n) is 1.95. The Hall–Kier alpha value is -0.530. The third kappa shape index (κ3) is 3.65. The Balaban J connectivity index is 3.24. The van der Waals surface area contributed by atoms with Gasteiger partial charge in [-0.3, -0.25) is 4.79 Å². The molecule has 0 heterocycles. The van der Waals surface area contributed by atoms with Crippen LogP contribution in [0.25, 0.3) is 0 Å². The highest BCUT2D eigenvalue weighted by molar-refractivity contribution is 5.75. The van der Waals surface area contributed by atoms with Gasteiger partial charge in [0.2, 0.25) is 5.91 Å². The summed E-state index contributed by atoms with van der Waals surface area (Å²) in [5.74, 6) is 0.918. The quantitative estimate of drug-likeness (QED) is 0.581. The van der Waals surface area contributed by atoms with E-state index in [-0.39, 0.29) is 5.91 Å². The van der Waals surface area contributed by atoms with E-state index in [0.29, 0.717) is 6.42 Å². The molecule has 2 heteroatoms.